The standard InChI is InChI=1S/C8H6F3NO3/c9-8(10,11)5-1-4(2-6(13)14)7(15)12-3-5/h1,3H,2H2,(H,12,15)(H,13,14). The van der Waals surface area contributed by atoms with E-state index in [1.54, 1.807) is 0 Å². The van der Waals surface area contributed by atoms with E-state index in [1.165, 1.54) is 0 Å². The molecule has 0 amide bonds. The number of alkyl halides is 3. The van der Waals surface area contributed by atoms with Gasteiger partial charge in [0.2, 0.25) is 0 Å². The van der Waals surface area contributed by atoms with E-state index in [0.717, 1.165) is 0 Å². The summed E-state index contributed by atoms with van der Waals surface area (Å²) in [6, 6.07) is 0.535. The summed E-state index contributed by atoms with van der Waals surface area (Å²) in [6.07, 6.45) is -4.83. The van der Waals surface area contributed by atoms with E-state index < -0.39 is 35.3 Å². The van der Waals surface area contributed by atoms with Crippen LogP contribution in [0, 0.1) is 0 Å². The Morgan fingerprint density at radius 1 is 1.47 bits per heavy atom. The zero-order valence-corrected chi connectivity index (χ0v) is 7.26. The van der Waals surface area contributed by atoms with Crippen LogP contribution in [0.4, 0.5) is 13.2 Å². The summed E-state index contributed by atoms with van der Waals surface area (Å²) in [4.78, 5) is 23.0. The fraction of sp³-hybridized carbons (Fsp3) is 0.250. The first-order valence-corrected chi connectivity index (χ1v) is 3.81. The van der Waals surface area contributed by atoms with Crippen LogP contribution in [-0.4, -0.2) is 16.1 Å². The summed E-state index contributed by atoms with van der Waals surface area (Å²) in [6.45, 7) is 0. The number of pyridine rings is 1. The van der Waals surface area contributed by atoms with Gasteiger partial charge in [-0.1, -0.05) is 0 Å². The predicted molar refractivity (Wildman–Crippen MR) is 43.4 cm³/mol. The molecule has 15 heavy (non-hydrogen) atoms. The Balaban J connectivity index is 3.17. The quantitative estimate of drug-likeness (QED) is 0.783. The van der Waals surface area contributed by atoms with Crippen LogP contribution in [0.3, 0.4) is 0 Å². The molecule has 1 rings (SSSR count). The van der Waals surface area contributed by atoms with Crippen LogP contribution >= 0.6 is 0 Å². The van der Waals surface area contributed by atoms with Gasteiger partial charge in [-0.3, -0.25) is 9.59 Å². The highest BCUT2D eigenvalue weighted by Gasteiger charge is 2.31. The van der Waals surface area contributed by atoms with Crippen LogP contribution in [0.15, 0.2) is 17.1 Å². The topological polar surface area (TPSA) is 70.2 Å². The molecular weight excluding hydrogens is 215 g/mol. The molecule has 0 unspecified atom stereocenters. The molecule has 0 radical (unpaired) electrons. The summed E-state index contributed by atoms with van der Waals surface area (Å²) in [7, 11) is 0. The number of carbonyl (C=O) groups is 1. The van der Waals surface area contributed by atoms with E-state index >= 15 is 0 Å². The van der Waals surface area contributed by atoms with E-state index in [0.29, 0.717) is 12.3 Å². The van der Waals surface area contributed by atoms with Gasteiger partial charge in [-0.05, 0) is 6.07 Å². The molecule has 1 aromatic heterocycles. The Morgan fingerprint density at radius 2 is 2.07 bits per heavy atom. The minimum Gasteiger partial charge on any atom is -0.481 e. The minimum atomic E-state index is -4.60. The average Bonchev–Trinajstić information content (AvgIpc) is 2.06. The van der Waals surface area contributed by atoms with E-state index in [2.05, 4.69) is 0 Å². The van der Waals surface area contributed by atoms with E-state index in [4.69, 9.17) is 5.11 Å². The van der Waals surface area contributed by atoms with Crippen molar-refractivity contribution in [2.75, 3.05) is 0 Å². The number of aromatic amines is 1. The van der Waals surface area contributed by atoms with Crippen molar-refractivity contribution in [1.29, 1.82) is 0 Å². The van der Waals surface area contributed by atoms with Gasteiger partial charge in [0, 0.05) is 11.8 Å². The third-order valence-electron chi connectivity index (χ3n) is 1.65. The molecule has 0 saturated heterocycles. The van der Waals surface area contributed by atoms with Crippen molar-refractivity contribution >= 4 is 5.97 Å². The van der Waals surface area contributed by atoms with Gasteiger partial charge in [0.05, 0.1) is 12.0 Å². The molecule has 7 heteroatoms. The molecule has 0 fully saturated rings. The lowest BCUT2D eigenvalue weighted by atomic mass is 10.1. The van der Waals surface area contributed by atoms with Crippen molar-refractivity contribution < 1.29 is 23.1 Å². The second-order valence-corrected chi connectivity index (χ2v) is 2.81. The molecule has 0 bridgehead atoms. The van der Waals surface area contributed by atoms with Gasteiger partial charge in [0.15, 0.2) is 0 Å². The normalized spacial score (nSPS) is 11.4. The second-order valence-electron chi connectivity index (χ2n) is 2.81. The summed E-state index contributed by atoms with van der Waals surface area (Å²) < 4.78 is 36.5. The molecule has 1 heterocycles. The van der Waals surface area contributed by atoms with Crippen LogP contribution in [0.2, 0.25) is 0 Å². The number of carboxylic acid groups (broad SMARTS) is 1. The first-order chi connectivity index (χ1) is 6.80. The number of aromatic nitrogens is 1. The number of H-pyrrole nitrogens is 1. The summed E-state index contributed by atoms with van der Waals surface area (Å²) in [5.74, 6) is -1.36. The van der Waals surface area contributed by atoms with Gasteiger partial charge in [-0.15, -0.1) is 0 Å². The molecule has 0 aromatic carbocycles. The van der Waals surface area contributed by atoms with Gasteiger partial charge in [-0.25, -0.2) is 0 Å². The lowest BCUT2D eigenvalue weighted by Crippen LogP contribution is -2.18. The third-order valence-corrected chi connectivity index (χ3v) is 1.65. The highest BCUT2D eigenvalue weighted by Crippen LogP contribution is 2.28. The van der Waals surface area contributed by atoms with Crippen molar-refractivity contribution in [3.8, 4) is 0 Å². The molecular formula is C8H6F3NO3. The highest BCUT2D eigenvalue weighted by molar-refractivity contribution is 5.70. The number of nitrogens with one attached hydrogen (secondary N) is 1. The largest absolute Gasteiger partial charge is 0.481 e. The monoisotopic (exact) mass is 221 g/mol. The van der Waals surface area contributed by atoms with Crippen molar-refractivity contribution in [2.45, 2.75) is 12.6 Å². The molecule has 0 aliphatic carbocycles. The first kappa shape index (κ1) is 11.3. The predicted octanol–water partition coefficient (Wildman–Crippen LogP) is 1.02. The van der Waals surface area contributed by atoms with Crippen LogP contribution < -0.4 is 5.56 Å². The molecule has 0 atom stereocenters. The lowest BCUT2D eigenvalue weighted by molar-refractivity contribution is -0.139. The van der Waals surface area contributed by atoms with Gasteiger partial charge >= 0.3 is 12.1 Å². The maximum absolute atomic E-state index is 12.2. The second kappa shape index (κ2) is 3.76. The van der Waals surface area contributed by atoms with Crippen LogP contribution in [0.5, 0.6) is 0 Å². The molecule has 4 nitrogen and oxygen atoms in total. The lowest BCUT2D eigenvalue weighted by Gasteiger charge is -2.06. The fourth-order valence-electron chi connectivity index (χ4n) is 0.989. The highest BCUT2D eigenvalue weighted by atomic mass is 19.4. The molecule has 0 aliphatic rings. The number of carboxylic acids is 1. The number of rotatable bonds is 2. The van der Waals surface area contributed by atoms with E-state index in [1.807, 2.05) is 4.98 Å². The first-order valence-electron chi connectivity index (χ1n) is 3.81. The smallest absolute Gasteiger partial charge is 0.417 e. The Hall–Kier alpha value is -1.79. The SMILES string of the molecule is O=C(O)Cc1cc(C(F)(F)F)c[nH]c1=O. The Kier molecular flexibility index (Phi) is 2.83. The molecule has 0 saturated carbocycles. The number of hydrogen-bond donors (Lipinski definition) is 2. The maximum Gasteiger partial charge on any atom is 0.417 e. The van der Waals surface area contributed by atoms with Crippen molar-refractivity contribution in [3.05, 3.63) is 33.7 Å². The minimum absolute atomic E-state index is 0.419. The molecule has 2 N–H and O–H groups in total. The number of halogens is 3. The number of aliphatic carboxylic acids is 1. The maximum atomic E-state index is 12.2. The van der Waals surface area contributed by atoms with Gasteiger partial charge in [0.25, 0.3) is 5.56 Å². The Bertz CT molecular complexity index is 435. The van der Waals surface area contributed by atoms with Crippen LogP contribution in [0.1, 0.15) is 11.1 Å². The zero-order valence-electron chi connectivity index (χ0n) is 7.26. The number of hydrogen-bond acceptors (Lipinski definition) is 2. The summed E-state index contributed by atoms with van der Waals surface area (Å²) in [5.41, 5.74) is -2.32. The molecule has 0 spiro atoms. The van der Waals surface area contributed by atoms with Crippen molar-refractivity contribution in [3.63, 3.8) is 0 Å². The summed E-state index contributed by atoms with van der Waals surface area (Å²) in [5, 5.41) is 8.35. The average molecular weight is 221 g/mol. The van der Waals surface area contributed by atoms with Gasteiger partial charge in [-0.2, -0.15) is 13.2 Å². The zero-order chi connectivity index (χ0) is 11.6. The van der Waals surface area contributed by atoms with E-state index in [9.17, 15) is 22.8 Å². The molecule has 1 aromatic rings. The van der Waals surface area contributed by atoms with Gasteiger partial charge in [0.1, 0.15) is 0 Å². The van der Waals surface area contributed by atoms with Crippen molar-refractivity contribution in [2.24, 2.45) is 0 Å². The molecule has 82 valence electrons. The summed E-state index contributed by atoms with van der Waals surface area (Å²) >= 11 is 0. The third kappa shape index (κ3) is 2.83. The van der Waals surface area contributed by atoms with Gasteiger partial charge < -0.3 is 10.1 Å². The molecule has 0 aliphatic heterocycles. The Labute approximate surface area is 81.4 Å². The Morgan fingerprint density at radius 3 is 2.53 bits per heavy atom. The van der Waals surface area contributed by atoms with Crippen LogP contribution in [0.25, 0.3) is 0 Å². The van der Waals surface area contributed by atoms with Crippen molar-refractivity contribution in [1.82, 2.24) is 4.98 Å². The fourth-order valence-corrected chi connectivity index (χ4v) is 0.989. The van der Waals surface area contributed by atoms with E-state index in [-0.39, 0.29) is 0 Å². The van der Waals surface area contributed by atoms with Crippen LogP contribution in [-0.2, 0) is 17.4 Å².